The molecular weight excluding hydrogens is 415 g/mol. The largest absolute Gasteiger partial charge is 0.416 e. The summed E-state index contributed by atoms with van der Waals surface area (Å²) in [5.74, 6) is 0.0489. The highest BCUT2D eigenvalue weighted by molar-refractivity contribution is 5.89. The Morgan fingerprint density at radius 2 is 1.77 bits per heavy atom. The number of urea groups is 1. The van der Waals surface area contributed by atoms with E-state index in [2.05, 4.69) is 10.6 Å². The van der Waals surface area contributed by atoms with Gasteiger partial charge in [-0.2, -0.15) is 13.2 Å². The van der Waals surface area contributed by atoms with E-state index in [9.17, 15) is 27.9 Å². The number of nitrogens with one attached hydrogen (secondary N) is 2. The molecule has 2 heterocycles. The van der Waals surface area contributed by atoms with Gasteiger partial charge in [0.2, 0.25) is 5.91 Å². The number of piperidine rings is 1. The first-order valence-electron chi connectivity index (χ1n) is 10.5. The standard InChI is InChI=1S/C21H28F3N3O4/c22-21(23,24)14-4-6-15(7-5-14)25-20(30)26-17-9-8-16(31-18(17)13-28)12-19(29)27-10-2-1-3-11-27/h4-7,16-18,28H,1-3,8-13H2,(H2,25,26,30)/t16-,17-,18+/m0/s1. The number of carbonyl (C=O) groups excluding carboxylic acids is 2. The van der Waals surface area contributed by atoms with E-state index >= 15 is 0 Å². The van der Waals surface area contributed by atoms with Crippen molar-refractivity contribution in [2.75, 3.05) is 25.0 Å². The van der Waals surface area contributed by atoms with Gasteiger partial charge in [-0.25, -0.2) is 4.79 Å². The fourth-order valence-corrected chi connectivity index (χ4v) is 3.99. The third-order valence-corrected chi connectivity index (χ3v) is 5.69. The number of halogens is 3. The van der Waals surface area contributed by atoms with Gasteiger partial charge >= 0.3 is 12.2 Å². The summed E-state index contributed by atoms with van der Waals surface area (Å²) < 4.78 is 43.7. The van der Waals surface area contributed by atoms with Gasteiger partial charge in [0.25, 0.3) is 0 Å². The number of anilines is 1. The zero-order valence-electron chi connectivity index (χ0n) is 17.2. The number of likely N-dealkylation sites (tertiary alicyclic amines) is 1. The summed E-state index contributed by atoms with van der Waals surface area (Å²) in [5.41, 5.74) is -0.586. The van der Waals surface area contributed by atoms with Gasteiger partial charge in [-0.1, -0.05) is 0 Å². The first-order chi connectivity index (χ1) is 14.8. The molecule has 1 aromatic carbocycles. The van der Waals surface area contributed by atoms with Crippen molar-refractivity contribution in [2.24, 2.45) is 0 Å². The molecule has 7 nitrogen and oxygen atoms in total. The van der Waals surface area contributed by atoms with Gasteiger partial charge < -0.3 is 25.4 Å². The van der Waals surface area contributed by atoms with Crippen LogP contribution in [0.4, 0.5) is 23.7 Å². The van der Waals surface area contributed by atoms with E-state index in [-0.39, 0.29) is 30.7 Å². The van der Waals surface area contributed by atoms with Crippen LogP contribution in [-0.2, 0) is 15.7 Å². The summed E-state index contributed by atoms with van der Waals surface area (Å²) in [6.07, 6.45) is -0.939. The minimum Gasteiger partial charge on any atom is -0.394 e. The first kappa shape index (κ1) is 23.3. The number of aliphatic hydroxyl groups excluding tert-OH is 1. The molecule has 0 saturated carbocycles. The smallest absolute Gasteiger partial charge is 0.394 e. The molecule has 3 N–H and O–H groups in total. The molecule has 0 radical (unpaired) electrons. The number of carbonyl (C=O) groups is 2. The van der Waals surface area contributed by atoms with E-state index in [0.29, 0.717) is 12.8 Å². The number of nitrogens with zero attached hydrogens (tertiary/aromatic N) is 1. The van der Waals surface area contributed by atoms with Crippen molar-refractivity contribution in [3.63, 3.8) is 0 Å². The lowest BCUT2D eigenvalue weighted by atomic mass is 9.96. The van der Waals surface area contributed by atoms with Crippen molar-refractivity contribution in [1.29, 1.82) is 0 Å². The second kappa shape index (κ2) is 10.3. The first-order valence-corrected chi connectivity index (χ1v) is 10.5. The predicted molar refractivity (Wildman–Crippen MR) is 107 cm³/mol. The summed E-state index contributed by atoms with van der Waals surface area (Å²) in [6.45, 7) is 1.21. The molecule has 2 aliphatic heterocycles. The number of benzene rings is 1. The molecule has 2 aliphatic rings. The molecule has 1 aromatic rings. The van der Waals surface area contributed by atoms with Crippen LogP contribution in [-0.4, -0.2) is 59.9 Å². The van der Waals surface area contributed by atoms with Gasteiger partial charge in [-0.3, -0.25) is 4.79 Å². The van der Waals surface area contributed by atoms with Gasteiger partial charge in [0.15, 0.2) is 0 Å². The SMILES string of the molecule is O=C(Nc1ccc(C(F)(F)F)cc1)N[C@H]1CC[C@@H](CC(=O)N2CCCCC2)O[C@@H]1CO. The lowest BCUT2D eigenvalue weighted by Gasteiger charge is -2.37. The Kier molecular flexibility index (Phi) is 7.77. The van der Waals surface area contributed by atoms with Gasteiger partial charge in [-0.05, 0) is 56.4 Å². The van der Waals surface area contributed by atoms with Gasteiger partial charge in [0.1, 0.15) is 6.10 Å². The summed E-state index contributed by atoms with van der Waals surface area (Å²) in [7, 11) is 0. The molecule has 10 heteroatoms. The van der Waals surface area contributed by atoms with Crippen LogP contribution in [0.2, 0.25) is 0 Å². The highest BCUT2D eigenvalue weighted by atomic mass is 19.4. The van der Waals surface area contributed by atoms with Crippen LogP contribution in [0.1, 0.15) is 44.1 Å². The highest BCUT2D eigenvalue weighted by Crippen LogP contribution is 2.30. The maximum atomic E-state index is 12.6. The Labute approximate surface area is 178 Å². The third kappa shape index (κ3) is 6.57. The molecule has 31 heavy (non-hydrogen) atoms. The topological polar surface area (TPSA) is 90.9 Å². The van der Waals surface area contributed by atoms with Crippen LogP contribution in [0.5, 0.6) is 0 Å². The van der Waals surface area contributed by atoms with E-state index in [0.717, 1.165) is 44.5 Å². The van der Waals surface area contributed by atoms with Crippen molar-refractivity contribution in [2.45, 2.75) is 63.0 Å². The fraction of sp³-hybridized carbons (Fsp3) is 0.619. The van der Waals surface area contributed by atoms with Crippen LogP contribution >= 0.6 is 0 Å². The number of alkyl halides is 3. The number of ether oxygens (including phenoxy) is 1. The van der Waals surface area contributed by atoms with Crippen molar-refractivity contribution in [3.8, 4) is 0 Å². The van der Waals surface area contributed by atoms with E-state index in [1.807, 2.05) is 4.90 Å². The molecule has 0 unspecified atom stereocenters. The number of rotatable bonds is 5. The molecular formula is C21H28F3N3O4. The third-order valence-electron chi connectivity index (χ3n) is 5.69. The molecule has 3 amide bonds. The Morgan fingerprint density at radius 1 is 1.10 bits per heavy atom. The minimum absolute atomic E-state index is 0.0489. The Morgan fingerprint density at radius 3 is 2.39 bits per heavy atom. The second-order valence-corrected chi connectivity index (χ2v) is 7.98. The molecule has 0 bridgehead atoms. The van der Waals surface area contributed by atoms with Crippen molar-refractivity contribution < 1.29 is 32.6 Å². The Hall–Kier alpha value is -2.33. The van der Waals surface area contributed by atoms with Crippen LogP contribution in [0.3, 0.4) is 0 Å². The summed E-state index contributed by atoms with van der Waals surface area (Å²) in [6, 6.07) is 3.05. The monoisotopic (exact) mass is 443 g/mol. The van der Waals surface area contributed by atoms with Gasteiger partial charge in [0, 0.05) is 18.8 Å². The summed E-state index contributed by atoms with van der Waals surface area (Å²) >= 11 is 0. The van der Waals surface area contributed by atoms with E-state index < -0.39 is 29.9 Å². The maximum absolute atomic E-state index is 12.6. The summed E-state index contributed by atoms with van der Waals surface area (Å²) in [5, 5.41) is 14.9. The zero-order chi connectivity index (χ0) is 22.4. The number of hydrogen-bond acceptors (Lipinski definition) is 4. The Bertz CT molecular complexity index is 751. The highest BCUT2D eigenvalue weighted by Gasteiger charge is 2.34. The molecule has 2 fully saturated rings. The number of amides is 3. The quantitative estimate of drug-likeness (QED) is 0.652. The molecule has 3 rings (SSSR count). The lowest BCUT2D eigenvalue weighted by molar-refractivity contribution is -0.141. The average molecular weight is 443 g/mol. The number of aliphatic hydroxyl groups is 1. The minimum atomic E-state index is -4.44. The van der Waals surface area contributed by atoms with Crippen molar-refractivity contribution in [1.82, 2.24) is 10.2 Å². The predicted octanol–water partition coefficient (Wildman–Crippen LogP) is 3.14. The molecule has 0 spiro atoms. The fourth-order valence-electron chi connectivity index (χ4n) is 3.99. The molecule has 0 aliphatic carbocycles. The normalized spacial score (nSPS) is 24.5. The van der Waals surface area contributed by atoms with Crippen LogP contribution < -0.4 is 10.6 Å². The van der Waals surface area contributed by atoms with E-state index in [1.54, 1.807) is 0 Å². The molecule has 2 saturated heterocycles. The molecule has 172 valence electrons. The van der Waals surface area contributed by atoms with Crippen LogP contribution in [0, 0.1) is 0 Å². The zero-order valence-corrected chi connectivity index (χ0v) is 17.2. The molecule has 3 atom stereocenters. The van der Waals surface area contributed by atoms with Crippen molar-refractivity contribution in [3.05, 3.63) is 29.8 Å². The lowest BCUT2D eigenvalue weighted by Crippen LogP contribution is -2.52. The average Bonchev–Trinajstić information content (AvgIpc) is 2.75. The van der Waals surface area contributed by atoms with Crippen LogP contribution in [0.25, 0.3) is 0 Å². The van der Waals surface area contributed by atoms with Gasteiger partial charge in [0.05, 0.1) is 30.7 Å². The van der Waals surface area contributed by atoms with E-state index in [1.165, 1.54) is 12.1 Å². The maximum Gasteiger partial charge on any atom is 0.416 e. The van der Waals surface area contributed by atoms with Crippen LogP contribution in [0.15, 0.2) is 24.3 Å². The number of hydrogen-bond donors (Lipinski definition) is 3. The Balaban J connectivity index is 1.48. The van der Waals surface area contributed by atoms with Gasteiger partial charge in [-0.15, -0.1) is 0 Å². The van der Waals surface area contributed by atoms with E-state index in [4.69, 9.17) is 4.74 Å². The molecule has 0 aromatic heterocycles. The van der Waals surface area contributed by atoms with Crippen molar-refractivity contribution >= 4 is 17.6 Å². The summed E-state index contributed by atoms with van der Waals surface area (Å²) in [4.78, 5) is 26.5. The second-order valence-electron chi connectivity index (χ2n) is 7.98.